The Bertz CT molecular complexity index is 901. The third kappa shape index (κ3) is 7.52. The molecule has 0 saturated heterocycles. The summed E-state index contributed by atoms with van der Waals surface area (Å²) in [5.41, 5.74) is 3.98. The summed E-state index contributed by atoms with van der Waals surface area (Å²) >= 11 is 0. The highest BCUT2D eigenvalue weighted by molar-refractivity contribution is 7.90. The summed E-state index contributed by atoms with van der Waals surface area (Å²) in [6, 6.07) is 0. The van der Waals surface area contributed by atoms with E-state index in [-0.39, 0.29) is 18.3 Å². The number of unbranched alkanes of at least 4 members (excludes halogenated alkanes) is 6. The molecule has 0 fully saturated rings. The second-order valence-corrected chi connectivity index (χ2v) is 10.7. The summed E-state index contributed by atoms with van der Waals surface area (Å²) in [6.07, 6.45) is 10.1. The van der Waals surface area contributed by atoms with Crippen molar-refractivity contribution >= 4 is 45.6 Å². The third-order valence-corrected chi connectivity index (χ3v) is 6.80. The molecule has 1 heterocycles. The first-order valence-electron chi connectivity index (χ1n) is 11.5. The van der Waals surface area contributed by atoms with Crippen LogP contribution >= 0.6 is 12.4 Å². The normalized spacial score (nSPS) is 13.2. The van der Waals surface area contributed by atoms with Crippen LogP contribution in [-0.4, -0.2) is 20.9 Å². The van der Waals surface area contributed by atoms with E-state index in [4.69, 9.17) is 5.14 Å². The van der Waals surface area contributed by atoms with Gasteiger partial charge in [0, 0.05) is 17.6 Å². The first-order chi connectivity index (χ1) is 14.5. The molecule has 1 aromatic carbocycles. The van der Waals surface area contributed by atoms with Gasteiger partial charge in [-0.1, -0.05) is 65.7 Å². The zero-order chi connectivity index (χ0) is 23.2. The number of carbonyl (C=O) groups is 1. The number of hydrogen-bond acceptors (Lipinski definition) is 4. The van der Waals surface area contributed by atoms with Gasteiger partial charge in [0.15, 0.2) is 0 Å². The Kier molecular flexibility index (Phi) is 10.8. The number of anilines is 3. The first-order valence-corrected chi connectivity index (χ1v) is 13.0. The molecule has 0 spiro atoms. The molecule has 0 radical (unpaired) electrons. The predicted octanol–water partition coefficient (Wildman–Crippen LogP) is 5.41. The molecule has 7 nitrogen and oxygen atoms in total. The Labute approximate surface area is 200 Å². The maximum atomic E-state index is 13.2. The highest BCUT2D eigenvalue weighted by Crippen LogP contribution is 2.42. The molecule has 1 aliphatic heterocycles. The number of benzene rings is 1. The number of rotatable bonds is 12. The summed E-state index contributed by atoms with van der Waals surface area (Å²) < 4.78 is 25.9. The summed E-state index contributed by atoms with van der Waals surface area (Å²) in [7, 11) is -3.93. The Morgan fingerprint density at radius 3 is 2.22 bits per heavy atom. The molecule has 0 unspecified atom stereocenters. The second kappa shape index (κ2) is 12.1. The molecule has 0 bridgehead atoms. The van der Waals surface area contributed by atoms with Gasteiger partial charge in [-0.25, -0.2) is 5.14 Å². The zero-order valence-corrected chi connectivity index (χ0v) is 21.8. The van der Waals surface area contributed by atoms with Gasteiger partial charge in [-0.3, -0.25) is 9.52 Å². The summed E-state index contributed by atoms with van der Waals surface area (Å²) in [5, 5.41) is 11.6. The van der Waals surface area contributed by atoms with Crippen LogP contribution < -0.4 is 20.5 Å². The minimum absolute atomic E-state index is 0. The van der Waals surface area contributed by atoms with Crippen molar-refractivity contribution < 1.29 is 13.2 Å². The molecule has 1 aromatic rings. The van der Waals surface area contributed by atoms with Crippen LogP contribution in [-0.2, 0) is 21.4 Å². The molecule has 2 rings (SSSR count). The number of halogens is 1. The van der Waals surface area contributed by atoms with E-state index < -0.39 is 15.6 Å². The maximum Gasteiger partial charge on any atom is 0.296 e. The SMILES string of the molecule is CCCCCCCCCC(C)(C)C(=O)Nc1c(C)c2c(c(NS(N)(=O)=O)c1C)NCC2.Cl. The van der Waals surface area contributed by atoms with E-state index >= 15 is 0 Å². The Hall–Kier alpha value is -1.51. The van der Waals surface area contributed by atoms with Crippen LogP contribution in [0.15, 0.2) is 0 Å². The average Bonchev–Trinajstić information content (AvgIpc) is 3.17. The molecule has 0 saturated carbocycles. The largest absolute Gasteiger partial charge is 0.383 e. The van der Waals surface area contributed by atoms with E-state index in [1.165, 1.54) is 32.1 Å². The highest BCUT2D eigenvalue weighted by Gasteiger charge is 2.30. The topological polar surface area (TPSA) is 113 Å². The van der Waals surface area contributed by atoms with Gasteiger partial charge in [0.2, 0.25) is 5.91 Å². The lowest BCUT2D eigenvalue weighted by Gasteiger charge is -2.26. The van der Waals surface area contributed by atoms with Gasteiger partial charge in [-0.05, 0) is 43.4 Å². The third-order valence-electron chi connectivity index (χ3n) is 6.31. The van der Waals surface area contributed by atoms with Crippen molar-refractivity contribution in [2.75, 3.05) is 21.9 Å². The van der Waals surface area contributed by atoms with Gasteiger partial charge >= 0.3 is 0 Å². The monoisotopic (exact) mass is 488 g/mol. The number of carbonyl (C=O) groups excluding carboxylic acids is 1. The molecular formula is C23H41ClN4O3S. The smallest absolute Gasteiger partial charge is 0.296 e. The minimum Gasteiger partial charge on any atom is -0.383 e. The van der Waals surface area contributed by atoms with Gasteiger partial charge < -0.3 is 10.6 Å². The van der Waals surface area contributed by atoms with Crippen LogP contribution in [0.3, 0.4) is 0 Å². The molecule has 0 atom stereocenters. The number of fused-ring (bicyclic) bond motifs is 1. The zero-order valence-electron chi connectivity index (χ0n) is 20.2. The highest BCUT2D eigenvalue weighted by atomic mass is 35.5. The van der Waals surface area contributed by atoms with Gasteiger partial charge in [0.1, 0.15) is 0 Å². The van der Waals surface area contributed by atoms with Crippen LogP contribution in [0.2, 0.25) is 0 Å². The Morgan fingerprint density at radius 1 is 1.03 bits per heavy atom. The molecule has 184 valence electrons. The van der Waals surface area contributed by atoms with Gasteiger partial charge in [-0.2, -0.15) is 8.42 Å². The lowest BCUT2D eigenvalue weighted by atomic mass is 9.85. The fraction of sp³-hybridized carbons (Fsp3) is 0.696. The Balaban J connectivity index is 0.00000512. The Morgan fingerprint density at radius 2 is 1.62 bits per heavy atom. The fourth-order valence-electron chi connectivity index (χ4n) is 4.28. The van der Waals surface area contributed by atoms with E-state index in [1.807, 2.05) is 20.8 Å². The van der Waals surface area contributed by atoms with Crippen LogP contribution in [0.5, 0.6) is 0 Å². The van der Waals surface area contributed by atoms with Crippen LogP contribution in [0.4, 0.5) is 17.1 Å². The van der Waals surface area contributed by atoms with Crippen molar-refractivity contribution in [1.29, 1.82) is 0 Å². The van der Waals surface area contributed by atoms with Crippen molar-refractivity contribution in [3.63, 3.8) is 0 Å². The van der Waals surface area contributed by atoms with Crippen LogP contribution in [0.1, 0.15) is 88.8 Å². The molecule has 1 aliphatic rings. The first kappa shape index (κ1) is 28.5. The quantitative estimate of drug-likeness (QED) is 0.294. The molecule has 0 aromatic heterocycles. The van der Waals surface area contributed by atoms with Crippen molar-refractivity contribution in [3.8, 4) is 0 Å². The average molecular weight is 489 g/mol. The number of nitrogens with one attached hydrogen (secondary N) is 3. The number of amides is 1. The fourth-order valence-corrected chi connectivity index (χ4v) is 4.82. The lowest BCUT2D eigenvalue weighted by molar-refractivity contribution is -0.124. The molecule has 9 heteroatoms. The van der Waals surface area contributed by atoms with E-state index in [2.05, 4.69) is 22.3 Å². The van der Waals surface area contributed by atoms with Crippen molar-refractivity contribution in [2.45, 2.75) is 92.4 Å². The van der Waals surface area contributed by atoms with Crippen LogP contribution in [0.25, 0.3) is 0 Å². The van der Waals surface area contributed by atoms with Crippen molar-refractivity contribution in [3.05, 3.63) is 16.7 Å². The van der Waals surface area contributed by atoms with Crippen LogP contribution in [0, 0.1) is 19.3 Å². The lowest BCUT2D eigenvalue weighted by Crippen LogP contribution is -2.31. The standard InChI is InChI=1S/C23H40N4O3S.ClH/c1-6-7-8-9-10-11-12-14-23(4,5)22(28)26-19-16(2)18-13-15-25-21(18)20(17(19)3)27-31(24,29)30;/h25,27H,6-15H2,1-5H3,(H,26,28)(H2,24,29,30);1H. The summed E-state index contributed by atoms with van der Waals surface area (Å²) in [5.74, 6) is -0.0443. The molecule has 1 amide bonds. The summed E-state index contributed by atoms with van der Waals surface area (Å²) in [6.45, 7) is 10.7. The molecule has 32 heavy (non-hydrogen) atoms. The van der Waals surface area contributed by atoms with E-state index in [1.54, 1.807) is 6.92 Å². The number of nitrogens with two attached hydrogens (primary N) is 1. The molecule has 5 N–H and O–H groups in total. The van der Waals surface area contributed by atoms with Gasteiger partial charge in [0.25, 0.3) is 10.2 Å². The second-order valence-electron chi connectivity index (χ2n) is 9.39. The van der Waals surface area contributed by atoms with E-state index in [0.29, 0.717) is 16.9 Å². The van der Waals surface area contributed by atoms with Crippen molar-refractivity contribution in [2.24, 2.45) is 10.6 Å². The van der Waals surface area contributed by atoms with E-state index in [9.17, 15) is 13.2 Å². The van der Waals surface area contributed by atoms with Crippen molar-refractivity contribution in [1.82, 2.24) is 0 Å². The molecular weight excluding hydrogens is 448 g/mol. The molecule has 0 aliphatic carbocycles. The minimum atomic E-state index is -3.93. The maximum absolute atomic E-state index is 13.2. The predicted molar refractivity (Wildman–Crippen MR) is 137 cm³/mol. The van der Waals surface area contributed by atoms with Gasteiger partial charge in [-0.15, -0.1) is 12.4 Å². The number of hydrogen-bond donors (Lipinski definition) is 4. The van der Waals surface area contributed by atoms with Gasteiger partial charge in [0.05, 0.1) is 11.4 Å². The van der Waals surface area contributed by atoms with E-state index in [0.717, 1.165) is 49.0 Å². The summed E-state index contributed by atoms with van der Waals surface area (Å²) in [4.78, 5) is 13.2.